The Balaban J connectivity index is 1.68. The van der Waals surface area contributed by atoms with Gasteiger partial charge in [0.15, 0.2) is 0 Å². The summed E-state index contributed by atoms with van der Waals surface area (Å²) in [5.41, 5.74) is 2.60. The molecule has 1 aromatic heterocycles. The highest BCUT2D eigenvalue weighted by atomic mass is 35.5. The third-order valence-corrected chi connectivity index (χ3v) is 3.80. The van der Waals surface area contributed by atoms with E-state index >= 15 is 0 Å². The molecule has 0 N–H and O–H groups in total. The molecule has 1 aliphatic rings. The lowest BCUT2D eigenvalue weighted by Crippen LogP contribution is -2.46. The summed E-state index contributed by atoms with van der Waals surface area (Å²) in [7, 11) is 0. The van der Waals surface area contributed by atoms with Crippen LogP contribution in [0, 0.1) is 6.92 Å². The Morgan fingerprint density at radius 1 is 1.00 bits per heavy atom. The van der Waals surface area contributed by atoms with Crippen LogP contribution in [0.3, 0.4) is 0 Å². The summed E-state index contributed by atoms with van der Waals surface area (Å²) in [5.74, 6) is 0.911. The molecule has 0 atom stereocenters. The summed E-state index contributed by atoms with van der Waals surface area (Å²) in [5, 5.41) is 0.496. The fraction of sp³-hybridized carbons (Fsp3) is 0.333. The lowest BCUT2D eigenvalue weighted by molar-refractivity contribution is 0.646. The number of aromatic nitrogens is 2. The zero-order chi connectivity index (χ0) is 13.9. The van der Waals surface area contributed by atoms with E-state index in [-0.39, 0.29) is 0 Å². The van der Waals surface area contributed by atoms with Gasteiger partial charge in [0.05, 0.1) is 0 Å². The van der Waals surface area contributed by atoms with E-state index in [1.54, 1.807) is 0 Å². The highest BCUT2D eigenvalue weighted by Gasteiger charge is 2.18. The number of hydrogen-bond donors (Lipinski definition) is 0. The van der Waals surface area contributed by atoms with Crippen LogP contribution >= 0.6 is 11.6 Å². The number of anilines is 2. The Labute approximate surface area is 124 Å². The predicted molar refractivity (Wildman–Crippen MR) is 82.6 cm³/mol. The van der Waals surface area contributed by atoms with Gasteiger partial charge in [-0.2, -0.15) is 0 Å². The third-order valence-electron chi connectivity index (χ3n) is 3.59. The van der Waals surface area contributed by atoms with Gasteiger partial charge in [-0.25, -0.2) is 9.97 Å². The third kappa shape index (κ3) is 2.85. The molecule has 0 bridgehead atoms. The topological polar surface area (TPSA) is 32.3 Å². The maximum absolute atomic E-state index is 5.92. The predicted octanol–water partition coefficient (Wildman–Crippen LogP) is 2.77. The van der Waals surface area contributed by atoms with Crippen LogP contribution in [0.25, 0.3) is 0 Å². The second-order valence-corrected chi connectivity index (χ2v) is 5.40. The molecule has 0 saturated carbocycles. The molecular formula is C15H17ClN4. The quantitative estimate of drug-likeness (QED) is 0.796. The molecule has 1 aliphatic heterocycles. The number of nitrogens with zero attached hydrogens (tertiary/aromatic N) is 4. The average Bonchev–Trinajstić information content (AvgIpc) is 2.47. The zero-order valence-corrected chi connectivity index (χ0v) is 12.2. The first-order chi connectivity index (χ1) is 9.72. The molecule has 104 valence electrons. The molecule has 1 fully saturated rings. The highest BCUT2D eigenvalue weighted by Crippen LogP contribution is 2.20. The first kappa shape index (κ1) is 13.2. The number of piperazine rings is 1. The normalized spacial score (nSPS) is 15.5. The van der Waals surface area contributed by atoms with Crippen LogP contribution in [0.2, 0.25) is 5.15 Å². The maximum atomic E-state index is 5.92. The summed E-state index contributed by atoms with van der Waals surface area (Å²) in [6.45, 7) is 6.00. The zero-order valence-electron chi connectivity index (χ0n) is 11.5. The van der Waals surface area contributed by atoms with Crippen molar-refractivity contribution in [3.05, 3.63) is 47.4 Å². The summed E-state index contributed by atoms with van der Waals surface area (Å²) in [6, 6.07) is 10.5. The van der Waals surface area contributed by atoms with E-state index in [0.717, 1.165) is 32.0 Å². The van der Waals surface area contributed by atoms with Crippen LogP contribution in [-0.4, -0.2) is 36.1 Å². The Morgan fingerprint density at radius 3 is 2.45 bits per heavy atom. The fourth-order valence-electron chi connectivity index (χ4n) is 2.52. The Kier molecular flexibility index (Phi) is 3.74. The van der Waals surface area contributed by atoms with E-state index in [0.29, 0.717) is 5.15 Å². The SMILES string of the molecule is Cc1cccc(N2CCN(c3cc(Cl)ncn3)CC2)c1. The van der Waals surface area contributed by atoms with Gasteiger partial charge in [-0.1, -0.05) is 23.7 Å². The van der Waals surface area contributed by atoms with Crippen LogP contribution in [0.4, 0.5) is 11.5 Å². The standard InChI is InChI=1S/C15H17ClN4/c1-12-3-2-4-13(9-12)19-5-7-20(8-6-19)15-10-14(16)17-11-18-15/h2-4,9-11H,5-8H2,1H3. The Hall–Kier alpha value is -1.81. The van der Waals surface area contributed by atoms with Crippen molar-refractivity contribution in [2.45, 2.75) is 6.92 Å². The first-order valence-electron chi connectivity index (χ1n) is 6.76. The van der Waals surface area contributed by atoms with Crippen molar-refractivity contribution >= 4 is 23.1 Å². The molecule has 0 amide bonds. The van der Waals surface area contributed by atoms with Gasteiger partial charge in [-0.15, -0.1) is 0 Å². The van der Waals surface area contributed by atoms with Crippen LogP contribution < -0.4 is 9.80 Å². The monoisotopic (exact) mass is 288 g/mol. The number of benzene rings is 1. The highest BCUT2D eigenvalue weighted by molar-refractivity contribution is 6.29. The minimum atomic E-state index is 0.496. The molecule has 20 heavy (non-hydrogen) atoms. The number of rotatable bonds is 2. The lowest BCUT2D eigenvalue weighted by Gasteiger charge is -2.36. The first-order valence-corrected chi connectivity index (χ1v) is 7.14. The minimum Gasteiger partial charge on any atom is -0.368 e. The van der Waals surface area contributed by atoms with E-state index in [2.05, 4.69) is 51.0 Å². The summed E-state index contributed by atoms with van der Waals surface area (Å²) < 4.78 is 0. The molecular weight excluding hydrogens is 272 g/mol. The minimum absolute atomic E-state index is 0.496. The number of halogens is 1. The van der Waals surface area contributed by atoms with Gasteiger partial charge < -0.3 is 9.80 Å². The van der Waals surface area contributed by atoms with Crippen LogP contribution in [-0.2, 0) is 0 Å². The van der Waals surface area contributed by atoms with Crippen molar-refractivity contribution in [2.24, 2.45) is 0 Å². The van der Waals surface area contributed by atoms with Crippen LogP contribution in [0.1, 0.15) is 5.56 Å². The second-order valence-electron chi connectivity index (χ2n) is 5.01. The Bertz CT molecular complexity index is 540. The fourth-order valence-corrected chi connectivity index (χ4v) is 2.66. The van der Waals surface area contributed by atoms with Gasteiger partial charge in [0.25, 0.3) is 0 Å². The van der Waals surface area contributed by atoms with Crippen LogP contribution in [0.5, 0.6) is 0 Å². The average molecular weight is 289 g/mol. The largest absolute Gasteiger partial charge is 0.368 e. The lowest BCUT2D eigenvalue weighted by atomic mass is 10.2. The molecule has 1 saturated heterocycles. The van der Waals surface area contributed by atoms with E-state index in [1.165, 1.54) is 17.6 Å². The van der Waals surface area contributed by atoms with Crippen LogP contribution in [0.15, 0.2) is 36.7 Å². The molecule has 0 radical (unpaired) electrons. The van der Waals surface area contributed by atoms with E-state index in [1.807, 2.05) is 6.07 Å². The van der Waals surface area contributed by atoms with Gasteiger partial charge in [0.2, 0.25) is 0 Å². The van der Waals surface area contributed by atoms with E-state index in [9.17, 15) is 0 Å². The molecule has 0 unspecified atom stereocenters. The Morgan fingerprint density at radius 2 is 1.75 bits per heavy atom. The van der Waals surface area contributed by atoms with Gasteiger partial charge in [0, 0.05) is 37.9 Å². The van der Waals surface area contributed by atoms with Crippen molar-refractivity contribution in [2.75, 3.05) is 36.0 Å². The molecule has 3 rings (SSSR count). The van der Waals surface area contributed by atoms with Crippen molar-refractivity contribution in [1.29, 1.82) is 0 Å². The van der Waals surface area contributed by atoms with Gasteiger partial charge in [-0.3, -0.25) is 0 Å². The molecule has 1 aromatic carbocycles. The second kappa shape index (κ2) is 5.67. The van der Waals surface area contributed by atoms with Crippen molar-refractivity contribution in [3.63, 3.8) is 0 Å². The summed E-state index contributed by atoms with van der Waals surface area (Å²) in [4.78, 5) is 12.9. The molecule has 0 spiro atoms. The van der Waals surface area contributed by atoms with Crippen molar-refractivity contribution in [1.82, 2.24) is 9.97 Å². The molecule has 2 aromatic rings. The van der Waals surface area contributed by atoms with Crippen molar-refractivity contribution in [3.8, 4) is 0 Å². The van der Waals surface area contributed by atoms with Gasteiger partial charge in [-0.05, 0) is 24.6 Å². The molecule has 4 nitrogen and oxygen atoms in total. The molecule has 0 aliphatic carbocycles. The van der Waals surface area contributed by atoms with Gasteiger partial charge in [0.1, 0.15) is 17.3 Å². The molecule has 2 heterocycles. The molecule has 5 heteroatoms. The number of aryl methyl sites for hydroxylation is 1. The smallest absolute Gasteiger partial charge is 0.134 e. The summed E-state index contributed by atoms with van der Waals surface area (Å²) >= 11 is 5.92. The summed E-state index contributed by atoms with van der Waals surface area (Å²) in [6.07, 6.45) is 1.52. The maximum Gasteiger partial charge on any atom is 0.134 e. The van der Waals surface area contributed by atoms with Crippen molar-refractivity contribution < 1.29 is 0 Å². The number of hydrogen-bond acceptors (Lipinski definition) is 4. The van der Waals surface area contributed by atoms with E-state index < -0.39 is 0 Å². The van der Waals surface area contributed by atoms with E-state index in [4.69, 9.17) is 11.6 Å². The van der Waals surface area contributed by atoms with Gasteiger partial charge >= 0.3 is 0 Å².